The number of nitrogens with zero attached hydrogens (tertiary/aromatic N) is 2. The third-order valence-corrected chi connectivity index (χ3v) is 7.10. The van der Waals surface area contributed by atoms with Crippen molar-refractivity contribution in [2.45, 2.75) is 19.5 Å². The van der Waals surface area contributed by atoms with Gasteiger partial charge in [0.15, 0.2) is 11.5 Å². The lowest BCUT2D eigenvalue weighted by Gasteiger charge is -2.37. The smallest absolute Gasteiger partial charge is 0.338 e. The second kappa shape index (κ2) is 10.0. The van der Waals surface area contributed by atoms with Crippen LogP contribution in [0.4, 0.5) is 4.79 Å². The number of benzene rings is 1. The highest BCUT2D eigenvalue weighted by atomic mass is 32.1. The molecule has 0 unspecified atom stereocenters. The largest absolute Gasteiger partial charge is 0.463 e. The van der Waals surface area contributed by atoms with Crippen LogP contribution in [0.5, 0.6) is 11.5 Å². The number of carbonyl (C=O) groups excluding carboxylic acids is 2. The van der Waals surface area contributed by atoms with Gasteiger partial charge in [-0.1, -0.05) is 12.1 Å². The Kier molecular flexibility index (Phi) is 6.70. The molecule has 180 valence electrons. The summed E-state index contributed by atoms with van der Waals surface area (Å²) in [5.41, 5.74) is 2.28. The first-order valence-electron chi connectivity index (χ1n) is 11.4. The van der Waals surface area contributed by atoms with Crippen LogP contribution in [0.3, 0.4) is 0 Å². The normalized spacial score (nSPS) is 20.7. The molecule has 0 bridgehead atoms. The number of esters is 1. The molecule has 0 spiro atoms. The van der Waals surface area contributed by atoms with E-state index in [9.17, 15) is 9.59 Å². The quantitative estimate of drug-likeness (QED) is 0.584. The molecule has 5 rings (SSSR count). The average molecular weight is 485 g/mol. The Bertz CT molecular complexity index is 1080. The van der Waals surface area contributed by atoms with E-state index in [2.05, 4.69) is 26.5 Å². The highest BCUT2D eigenvalue weighted by Gasteiger charge is 2.35. The summed E-state index contributed by atoms with van der Waals surface area (Å²) >= 11 is 1.51. The molecule has 1 aromatic heterocycles. The number of hydrogen-bond acceptors (Lipinski definition) is 8. The Morgan fingerprint density at radius 3 is 2.62 bits per heavy atom. The lowest BCUT2D eigenvalue weighted by molar-refractivity contribution is -0.139. The minimum Gasteiger partial charge on any atom is -0.463 e. The zero-order valence-corrected chi connectivity index (χ0v) is 19.9. The van der Waals surface area contributed by atoms with Crippen molar-refractivity contribution in [3.63, 3.8) is 0 Å². The minimum atomic E-state index is -0.505. The molecule has 0 radical (unpaired) electrons. The van der Waals surface area contributed by atoms with Gasteiger partial charge in [-0.05, 0) is 36.1 Å². The van der Waals surface area contributed by atoms with Crippen molar-refractivity contribution in [1.29, 1.82) is 0 Å². The number of urea groups is 1. The fourth-order valence-electron chi connectivity index (χ4n) is 4.49. The van der Waals surface area contributed by atoms with Gasteiger partial charge in [-0.15, -0.1) is 11.3 Å². The second-order valence-electron chi connectivity index (χ2n) is 8.40. The number of fused-ring (bicyclic) bond motifs is 1. The molecular formula is C24H28N4O5S. The maximum atomic E-state index is 12.9. The van der Waals surface area contributed by atoms with E-state index < -0.39 is 12.0 Å². The summed E-state index contributed by atoms with van der Waals surface area (Å²) in [5, 5.41) is 7.69. The third kappa shape index (κ3) is 4.89. The highest BCUT2D eigenvalue weighted by molar-refractivity contribution is 7.10. The van der Waals surface area contributed by atoms with Gasteiger partial charge in [0, 0.05) is 49.8 Å². The number of hydrogen-bond donors (Lipinski definition) is 2. The molecule has 4 heterocycles. The van der Waals surface area contributed by atoms with Crippen LogP contribution in [-0.4, -0.2) is 67.9 Å². The lowest BCUT2D eigenvalue weighted by Crippen LogP contribution is -2.51. The Hall–Kier alpha value is -3.08. The standard InChI is InChI=1S/C24H28N4O5S/c1-2-31-23(29)21-17(25-24(30)26-22(21)20-4-3-11-34-20)14-28-9-7-27(8-10-28)13-16-5-6-18-19(12-16)33-15-32-18/h3-6,11-12,22H,2,7-10,13-15H2,1H3,(H2,25,26,30)/t22-/m0/s1. The zero-order chi connectivity index (χ0) is 23.5. The molecule has 3 aliphatic heterocycles. The molecule has 2 N–H and O–H groups in total. The fraction of sp³-hybridized carbons (Fsp3) is 0.417. The van der Waals surface area contributed by atoms with E-state index in [0.717, 1.165) is 49.1 Å². The summed E-state index contributed by atoms with van der Waals surface area (Å²) in [5.74, 6) is 1.20. The SMILES string of the molecule is CCOC(=O)C1=C(CN2CCN(Cc3ccc4c(c3)OCO4)CC2)NC(=O)N[C@H]1c1cccs1. The number of amides is 2. The summed E-state index contributed by atoms with van der Waals surface area (Å²) in [7, 11) is 0. The first-order valence-corrected chi connectivity index (χ1v) is 12.3. The number of carbonyl (C=O) groups is 2. The van der Waals surface area contributed by atoms with Gasteiger partial charge in [0.05, 0.1) is 18.2 Å². The average Bonchev–Trinajstić information content (AvgIpc) is 3.52. The van der Waals surface area contributed by atoms with E-state index in [1.165, 1.54) is 16.9 Å². The molecule has 1 atom stereocenters. The molecule has 0 saturated carbocycles. The van der Waals surface area contributed by atoms with Crippen molar-refractivity contribution in [2.75, 3.05) is 46.1 Å². The van der Waals surface area contributed by atoms with Gasteiger partial charge in [0.2, 0.25) is 6.79 Å². The van der Waals surface area contributed by atoms with E-state index in [1.54, 1.807) is 6.92 Å². The van der Waals surface area contributed by atoms with Crippen molar-refractivity contribution in [3.05, 3.63) is 57.4 Å². The number of piperazine rings is 1. The first kappa shape index (κ1) is 22.7. The molecule has 1 fully saturated rings. The number of nitrogens with one attached hydrogen (secondary N) is 2. The van der Waals surface area contributed by atoms with Gasteiger partial charge in [-0.25, -0.2) is 9.59 Å². The Balaban J connectivity index is 1.26. The fourth-order valence-corrected chi connectivity index (χ4v) is 5.27. The summed E-state index contributed by atoms with van der Waals surface area (Å²) in [6, 6.07) is 9.11. The molecule has 10 heteroatoms. The van der Waals surface area contributed by atoms with Gasteiger partial charge in [0.1, 0.15) is 0 Å². The van der Waals surface area contributed by atoms with Crippen molar-refractivity contribution >= 4 is 23.3 Å². The van der Waals surface area contributed by atoms with Gasteiger partial charge in [0.25, 0.3) is 0 Å². The van der Waals surface area contributed by atoms with Crippen LogP contribution in [0, 0.1) is 0 Å². The Morgan fingerprint density at radius 2 is 1.88 bits per heavy atom. The van der Waals surface area contributed by atoms with Crippen LogP contribution < -0.4 is 20.1 Å². The van der Waals surface area contributed by atoms with E-state index in [1.807, 2.05) is 29.6 Å². The zero-order valence-electron chi connectivity index (χ0n) is 19.0. The van der Waals surface area contributed by atoms with Gasteiger partial charge in [-0.2, -0.15) is 0 Å². The van der Waals surface area contributed by atoms with Crippen LogP contribution in [0.2, 0.25) is 0 Å². The van der Waals surface area contributed by atoms with Crippen LogP contribution >= 0.6 is 11.3 Å². The summed E-state index contributed by atoms with van der Waals surface area (Å²) in [6.07, 6.45) is 0. The summed E-state index contributed by atoms with van der Waals surface area (Å²) in [6.45, 7) is 7.10. The van der Waals surface area contributed by atoms with Crippen LogP contribution in [0.15, 0.2) is 47.0 Å². The third-order valence-electron chi connectivity index (χ3n) is 6.17. The maximum Gasteiger partial charge on any atom is 0.338 e. The molecule has 34 heavy (non-hydrogen) atoms. The predicted molar refractivity (Wildman–Crippen MR) is 127 cm³/mol. The Morgan fingerprint density at radius 1 is 1.12 bits per heavy atom. The summed E-state index contributed by atoms with van der Waals surface area (Å²) < 4.78 is 16.2. The van der Waals surface area contributed by atoms with Crippen LogP contribution in [0.25, 0.3) is 0 Å². The molecule has 2 aromatic rings. The molecule has 9 nitrogen and oxygen atoms in total. The van der Waals surface area contributed by atoms with Gasteiger partial charge in [-0.3, -0.25) is 9.80 Å². The molecule has 0 aliphatic carbocycles. The van der Waals surface area contributed by atoms with Gasteiger partial charge >= 0.3 is 12.0 Å². The van der Waals surface area contributed by atoms with Crippen molar-refractivity contribution in [3.8, 4) is 11.5 Å². The molecule has 3 aliphatic rings. The van der Waals surface area contributed by atoms with Crippen molar-refractivity contribution in [2.24, 2.45) is 0 Å². The van der Waals surface area contributed by atoms with Crippen molar-refractivity contribution < 1.29 is 23.8 Å². The second-order valence-corrected chi connectivity index (χ2v) is 9.38. The van der Waals surface area contributed by atoms with E-state index in [4.69, 9.17) is 14.2 Å². The predicted octanol–water partition coefficient (Wildman–Crippen LogP) is 2.47. The number of thiophene rings is 1. The minimum absolute atomic E-state index is 0.277. The number of ether oxygens (including phenoxy) is 3. The molecular weight excluding hydrogens is 456 g/mol. The maximum absolute atomic E-state index is 12.9. The first-order chi connectivity index (χ1) is 16.6. The Labute approximate surface area is 202 Å². The summed E-state index contributed by atoms with van der Waals surface area (Å²) in [4.78, 5) is 30.9. The molecule has 1 saturated heterocycles. The van der Waals surface area contributed by atoms with Crippen molar-refractivity contribution in [1.82, 2.24) is 20.4 Å². The van der Waals surface area contributed by atoms with E-state index in [0.29, 0.717) is 17.8 Å². The van der Waals surface area contributed by atoms with E-state index in [-0.39, 0.29) is 19.4 Å². The topological polar surface area (TPSA) is 92.4 Å². The van der Waals surface area contributed by atoms with Gasteiger partial charge < -0.3 is 24.8 Å². The highest BCUT2D eigenvalue weighted by Crippen LogP contribution is 2.33. The molecule has 1 aromatic carbocycles. The number of rotatable bonds is 7. The van der Waals surface area contributed by atoms with E-state index >= 15 is 0 Å². The monoisotopic (exact) mass is 484 g/mol. The van der Waals surface area contributed by atoms with Crippen LogP contribution in [0.1, 0.15) is 23.4 Å². The van der Waals surface area contributed by atoms with Crippen LogP contribution in [-0.2, 0) is 16.1 Å². The lowest BCUT2D eigenvalue weighted by atomic mass is 10.0. The molecule has 2 amide bonds.